The zero-order chi connectivity index (χ0) is 18.6. The van der Waals surface area contributed by atoms with Crippen LogP contribution in [0.2, 0.25) is 0 Å². The molecule has 4 aliphatic rings. The Bertz CT molecular complexity index is 762. The lowest BCUT2D eigenvalue weighted by Gasteiger charge is -2.40. The molecule has 1 aromatic rings. The summed E-state index contributed by atoms with van der Waals surface area (Å²) in [6.45, 7) is 2.20. The first kappa shape index (κ1) is 17.2. The fourth-order valence-electron chi connectivity index (χ4n) is 4.82. The number of nitrogens with zero attached hydrogens (tertiary/aromatic N) is 4. The van der Waals surface area contributed by atoms with Gasteiger partial charge in [0.2, 0.25) is 11.7 Å². The zero-order valence-corrected chi connectivity index (χ0v) is 15.8. The maximum Gasteiger partial charge on any atom is 0.289 e. The maximum atomic E-state index is 12.8. The molecule has 3 heterocycles. The fraction of sp³-hybridized carbons (Fsp3) is 0.789. The summed E-state index contributed by atoms with van der Waals surface area (Å²) in [6, 6.07) is 0.306. The molecule has 8 nitrogen and oxygen atoms in total. The molecule has 0 bridgehead atoms. The molecule has 2 saturated carbocycles. The minimum absolute atomic E-state index is 0.118. The molecular formula is C19H27N5O3. The van der Waals surface area contributed by atoms with Gasteiger partial charge in [0.1, 0.15) is 5.82 Å². The highest BCUT2D eigenvalue weighted by Gasteiger charge is 2.45. The molecule has 146 valence electrons. The predicted molar refractivity (Wildman–Crippen MR) is 96.1 cm³/mol. The quantitative estimate of drug-likeness (QED) is 0.834. The molecule has 5 rings (SSSR count). The minimum atomic E-state index is -0.237. The standard InChI is InChI=1S/C19H27N5O3/c1-27-19(6-2-7-19)9-15(25)23-10-12-5-8-24-16(14(12)11-23)21-22-17(24)18(26)20-13-3-4-13/h12-14H,2-11H2,1H3,(H,20,26)/t12-,14-/m1/s1. The molecule has 0 radical (unpaired) electrons. The highest BCUT2D eigenvalue weighted by molar-refractivity contribution is 5.91. The minimum Gasteiger partial charge on any atom is -0.378 e. The van der Waals surface area contributed by atoms with Gasteiger partial charge in [-0.05, 0) is 44.4 Å². The number of hydrogen-bond acceptors (Lipinski definition) is 5. The van der Waals surface area contributed by atoms with Crippen LogP contribution in [0.5, 0.6) is 0 Å². The Morgan fingerprint density at radius 1 is 1.22 bits per heavy atom. The number of aromatic nitrogens is 3. The number of fused-ring (bicyclic) bond motifs is 3. The Kier molecular flexibility index (Phi) is 4.00. The molecular weight excluding hydrogens is 346 g/mol. The number of ether oxygens (including phenoxy) is 1. The first-order valence-corrected chi connectivity index (χ1v) is 10.2. The first-order chi connectivity index (χ1) is 13.1. The van der Waals surface area contributed by atoms with Gasteiger partial charge in [-0.1, -0.05) is 0 Å². The normalized spacial score (nSPS) is 28.3. The van der Waals surface area contributed by atoms with Crippen molar-refractivity contribution in [3.63, 3.8) is 0 Å². The summed E-state index contributed by atoms with van der Waals surface area (Å²) in [5.74, 6) is 1.94. The van der Waals surface area contributed by atoms with Crippen LogP contribution in [-0.2, 0) is 16.1 Å². The van der Waals surface area contributed by atoms with Gasteiger partial charge < -0.3 is 19.5 Å². The second-order valence-electron chi connectivity index (χ2n) is 8.65. The van der Waals surface area contributed by atoms with Crippen LogP contribution in [0.3, 0.4) is 0 Å². The summed E-state index contributed by atoms with van der Waals surface area (Å²) >= 11 is 0. The van der Waals surface area contributed by atoms with Crippen molar-refractivity contribution in [2.24, 2.45) is 5.92 Å². The van der Waals surface area contributed by atoms with E-state index in [1.165, 1.54) is 0 Å². The van der Waals surface area contributed by atoms with Crippen LogP contribution in [0.4, 0.5) is 0 Å². The summed E-state index contributed by atoms with van der Waals surface area (Å²) in [7, 11) is 1.72. The number of rotatable bonds is 5. The number of likely N-dealkylation sites (tertiary alicyclic amines) is 1. The molecule has 2 atom stereocenters. The molecule has 2 aliphatic carbocycles. The van der Waals surface area contributed by atoms with Gasteiger partial charge in [0.15, 0.2) is 0 Å². The molecule has 1 aromatic heterocycles. The summed E-state index contributed by atoms with van der Waals surface area (Å²) < 4.78 is 7.59. The van der Waals surface area contributed by atoms with E-state index in [4.69, 9.17) is 4.74 Å². The Balaban J connectivity index is 1.29. The number of carbonyl (C=O) groups is 2. The molecule has 3 fully saturated rings. The Morgan fingerprint density at radius 2 is 2.04 bits per heavy atom. The van der Waals surface area contributed by atoms with E-state index in [0.717, 1.165) is 57.4 Å². The number of amides is 2. The Morgan fingerprint density at radius 3 is 2.70 bits per heavy atom. The van der Waals surface area contributed by atoms with Crippen molar-refractivity contribution in [2.45, 2.75) is 69.1 Å². The largest absolute Gasteiger partial charge is 0.378 e. The number of hydrogen-bond donors (Lipinski definition) is 1. The van der Waals surface area contributed by atoms with Crippen molar-refractivity contribution in [1.82, 2.24) is 25.0 Å². The van der Waals surface area contributed by atoms with Crippen LogP contribution in [0.25, 0.3) is 0 Å². The molecule has 0 spiro atoms. The van der Waals surface area contributed by atoms with Crippen LogP contribution in [-0.4, -0.2) is 63.3 Å². The molecule has 2 aliphatic heterocycles. The van der Waals surface area contributed by atoms with E-state index in [-0.39, 0.29) is 23.3 Å². The second kappa shape index (κ2) is 6.29. The Hall–Kier alpha value is -1.96. The number of methoxy groups -OCH3 is 1. The topological polar surface area (TPSA) is 89.4 Å². The van der Waals surface area contributed by atoms with E-state index in [2.05, 4.69) is 15.5 Å². The molecule has 1 saturated heterocycles. The fourth-order valence-corrected chi connectivity index (χ4v) is 4.82. The van der Waals surface area contributed by atoms with E-state index in [0.29, 0.717) is 30.7 Å². The van der Waals surface area contributed by atoms with Crippen molar-refractivity contribution in [3.05, 3.63) is 11.6 Å². The lowest BCUT2D eigenvalue weighted by atomic mass is 9.77. The number of carbonyl (C=O) groups excluding carboxylic acids is 2. The van der Waals surface area contributed by atoms with Crippen molar-refractivity contribution >= 4 is 11.8 Å². The molecule has 0 aromatic carbocycles. The van der Waals surface area contributed by atoms with Gasteiger partial charge in [-0.3, -0.25) is 9.59 Å². The Labute approximate surface area is 158 Å². The van der Waals surface area contributed by atoms with Gasteiger partial charge in [-0.25, -0.2) is 0 Å². The molecule has 2 amide bonds. The first-order valence-electron chi connectivity index (χ1n) is 10.2. The van der Waals surface area contributed by atoms with Gasteiger partial charge in [-0.2, -0.15) is 0 Å². The molecule has 8 heteroatoms. The van der Waals surface area contributed by atoms with Crippen LogP contribution >= 0.6 is 0 Å². The van der Waals surface area contributed by atoms with E-state index in [1.54, 1.807) is 7.11 Å². The summed E-state index contributed by atoms with van der Waals surface area (Å²) in [4.78, 5) is 27.2. The van der Waals surface area contributed by atoms with Crippen molar-refractivity contribution in [3.8, 4) is 0 Å². The maximum absolute atomic E-state index is 12.8. The molecule has 1 N–H and O–H groups in total. The van der Waals surface area contributed by atoms with Crippen molar-refractivity contribution in [1.29, 1.82) is 0 Å². The highest BCUT2D eigenvalue weighted by Crippen LogP contribution is 2.41. The highest BCUT2D eigenvalue weighted by atomic mass is 16.5. The smallest absolute Gasteiger partial charge is 0.289 e. The average Bonchev–Trinajstić information content (AvgIpc) is 3.17. The van der Waals surface area contributed by atoms with E-state index >= 15 is 0 Å². The third-order valence-electron chi connectivity index (χ3n) is 6.92. The van der Waals surface area contributed by atoms with E-state index in [1.807, 2.05) is 9.47 Å². The summed E-state index contributed by atoms with van der Waals surface area (Å²) in [5, 5.41) is 11.5. The van der Waals surface area contributed by atoms with Crippen molar-refractivity contribution in [2.75, 3.05) is 20.2 Å². The van der Waals surface area contributed by atoms with Crippen LogP contribution in [0.1, 0.15) is 67.3 Å². The SMILES string of the molecule is COC1(CC(=O)N2C[C@H]3CCn4c(C(=O)NC5CC5)nnc4[C@@H]3C2)CCC1. The van der Waals surface area contributed by atoms with Crippen LogP contribution in [0, 0.1) is 5.92 Å². The van der Waals surface area contributed by atoms with Gasteiger partial charge in [0.05, 0.1) is 12.0 Å². The monoisotopic (exact) mass is 373 g/mol. The third kappa shape index (κ3) is 2.94. The lowest BCUT2D eigenvalue weighted by Crippen LogP contribution is -2.44. The average molecular weight is 373 g/mol. The van der Waals surface area contributed by atoms with Gasteiger partial charge in [-0.15, -0.1) is 10.2 Å². The van der Waals surface area contributed by atoms with E-state index < -0.39 is 0 Å². The predicted octanol–water partition coefficient (Wildman–Crippen LogP) is 1.08. The summed E-state index contributed by atoms with van der Waals surface area (Å²) in [5.41, 5.74) is -0.237. The van der Waals surface area contributed by atoms with Crippen LogP contribution in [0.15, 0.2) is 0 Å². The molecule has 27 heavy (non-hydrogen) atoms. The zero-order valence-electron chi connectivity index (χ0n) is 15.8. The van der Waals surface area contributed by atoms with Gasteiger partial charge in [0.25, 0.3) is 5.91 Å². The van der Waals surface area contributed by atoms with E-state index in [9.17, 15) is 9.59 Å². The van der Waals surface area contributed by atoms with Gasteiger partial charge in [0, 0.05) is 38.7 Å². The molecule has 0 unspecified atom stereocenters. The second-order valence-corrected chi connectivity index (χ2v) is 8.65. The third-order valence-corrected chi connectivity index (χ3v) is 6.92. The van der Waals surface area contributed by atoms with Crippen molar-refractivity contribution < 1.29 is 14.3 Å². The van der Waals surface area contributed by atoms with Gasteiger partial charge >= 0.3 is 0 Å². The van der Waals surface area contributed by atoms with Crippen LogP contribution < -0.4 is 5.32 Å². The summed E-state index contributed by atoms with van der Waals surface area (Å²) in [6.07, 6.45) is 6.63. The number of nitrogens with one attached hydrogen (secondary N) is 1. The lowest BCUT2D eigenvalue weighted by molar-refractivity contribution is -0.143.